The minimum atomic E-state index is 0.766. The van der Waals surface area contributed by atoms with Gasteiger partial charge in [0.1, 0.15) is 0 Å². The zero-order chi connectivity index (χ0) is 11.4. The van der Waals surface area contributed by atoms with Gasteiger partial charge >= 0.3 is 0 Å². The zero-order valence-corrected chi connectivity index (χ0v) is 11.6. The molecular weight excluding hydrogens is 216 g/mol. The maximum atomic E-state index is 3.73. The van der Waals surface area contributed by atoms with Crippen LogP contribution < -0.4 is 5.32 Å². The molecule has 0 spiro atoms. The molecule has 1 aliphatic heterocycles. The van der Waals surface area contributed by atoms with Gasteiger partial charge < -0.3 is 5.32 Å². The average Bonchev–Trinajstić information content (AvgIpc) is 3.04. The second kappa shape index (κ2) is 6.27. The van der Waals surface area contributed by atoms with Crippen molar-refractivity contribution in [3.05, 3.63) is 0 Å². The van der Waals surface area contributed by atoms with Crippen LogP contribution >= 0.6 is 11.8 Å². The van der Waals surface area contributed by atoms with Gasteiger partial charge in [0.05, 0.1) is 0 Å². The van der Waals surface area contributed by atoms with E-state index in [4.69, 9.17) is 0 Å². The topological polar surface area (TPSA) is 15.3 Å². The second-order valence-electron chi connectivity index (χ2n) is 5.21. The number of hydrogen-bond acceptors (Lipinski definition) is 3. The summed E-state index contributed by atoms with van der Waals surface area (Å²) in [7, 11) is 0. The molecule has 0 aromatic carbocycles. The Bertz CT molecular complexity index is 206. The quantitative estimate of drug-likeness (QED) is 0.690. The molecule has 3 heteroatoms. The van der Waals surface area contributed by atoms with Gasteiger partial charge in [-0.1, -0.05) is 6.92 Å². The maximum absolute atomic E-state index is 3.73. The average molecular weight is 242 g/mol. The third-order valence-corrected chi connectivity index (χ3v) is 4.73. The molecule has 0 aromatic heterocycles. The van der Waals surface area contributed by atoms with Crippen molar-refractivity contribution in [1.29, 1.82) is 0 Å². The van der Waals surface area contributed by atoms with Crippen molar-refractivity contribution in [3.63, 3.8) is 0 Å². The van der Waals surface area contributed by atoms with Crippen LogP contribution in [0, 0.1) is 0 Å². The van der Waals surface area contributed by atoms with Gasteiger partial charge in [0.2, 0.25) is 0 Å². The third kappa shape index (κ3) is 3.64. The summed E-state index contributed by atoms with van der Waals surface area (Å²) in [4.78, 5) is 2.72. The fourth-order valence-electron chi connectivity index (χ4n) is 2.74. The van der Waals surface area contributed by atoms with Gasteiger partial charge in [-0.15, -0.1) is 0 Å². The molecule has 2 rings (SSSR count). The predicted octanol–water partition coefficient (Wildman–Crippen LogP) is 2.34. The van der Waals surface area contributed by atoms with Crippen LogP contribution in [0.1, 0.15) is 39.5 Å². The highest BCUT2D eigenvalue weighted by molar-refractivity contribution is 7.99. The smallest absolute Gasteiger partial charge is 0.0210 e. The summed E-state index contributed by atoms with van der Waals surface area (Å²) in [5, 5.41) is 3.73. The predicted molar refractivity (Wildman–Crippen MR) is 73.2 cm³/mol. The van der Waals surface area contributed by atoms with Gasteiger partial charge in [0.25, 0.3) is 0 Å². The molecule has 2 aliphatic rings. The molecule has 1 saturated carbocycles. The summed E-state index contributed by atoms with van der Waals surface area (Å²) < 4.78 is 0. The van der Waals surface area contributed by atoms with Gasteiger partial charge in [-0.25, -0.2) is 0 Å². The Balaban J connectivity index is 1.57. The normalized spacial score (nSPS) is 31.1. The van der Waals surface area contributed by atoms with E-state index >= 15 is 0 Å². The minimum absolute atomic E-state index is 0.766. The Morgan fingerprint density at radius 1 is 1.38 bits per heavy atom. The molecule has 0 amide bonds. The van der Waals surface area contributed by atoms with Gasteiger partial charge in [0.15, 0.2) is 0 Å². The molecule has 2 unspecified atom stereocenters. The second-order valence-corrected chi connectivity index (χ2v) is 6.61. The van der Waals surface area contributed by atoms with E-state index < -0.39 is 0 Å². The standard InChI is InChI=1S/C13H26N2S/c1-3-16-8-4-7-14-12-9-11(2)15(10-12)13-5-6-13/h11-14H,3-10H2,1-2H3. The molecule has 1 saturated heterocycles. The molecule has 0 aromatic rings. The zero-order valence-electron chi connectivity index (χ0n) is 10.7. The summed E-state index contributed by atoms with van der Waals surface area (Å²) in [5.74, 6) is 2.58. The van der Waals surface area contributed by atoms with Crippen LogP contribution in [0.25, 0.3) is 0 Å². The molecule has 0 radical (unpaired) electrons. The van der Waals surface area contributed by atoms with Gasteiger partial charge in [-0.05, 0) is 50.7 Å². The summed E-state index contributed by atoms with van der Waals surface area (Å²) in [6, 6.07) is 2.52. The number of rotatable bonds is 7. The first-order chi connectivity index (χ1) is 7.81. The van der Waals surface area contributed by atoms with Crippen molar-refractivity contribution in [3.8, 4) is 0 Å². The van der Waals surface area contributed by atoms with Crippen LogP contribution in [-0.2, 0) is 0 Å². The molecule has 94 valence electrons. The van der Waals surface area contributed by atoms with Crippen LogP contribution in [0.15, 0.2) is 0 Å². The summed E-state index contributed by atoms with van der Waals surface area (Å²) in [5.41, 5.74) is 0. The molecule has 16 heavy (non-hydrogen) atoms. The van der Waals surface area contributed by atoms with Crippen LogP contribution in [-0.4, -0.2) is 47.6 Å². The monoisotopic (exact) mass is 242 g/mol. The van der Waals surface area contributed by atoms with Crippen LogP contribution in [0.3, 0.4) is 0 Å². The number of thioether (sulfide) groups is 1. The van der Waals surface area contributed by atoms with Gasteiger partial charge in [0, 0.05) is 24.7 Å². The van der Waals surface area contributed by atoms with E-state index in [9.17, 15) is 0 Å². The highest BCUT2D eigenvalue weighted by Gasteiger charge is 2.38. The van der Waals surface area contributed by atoms with E-state index in [1.54, 1.807) is 0 Å². The Labute approximate surface area is 105 Å². The maximum Gasteiger partial charge on any atom is 0.0210 e. The van der Waals surface area contributed by atoms with Crippen LogP contribution in [0.5, 0.6) is 0 Å². The summed E-state index contributed by atoms with van der Waals surface area (Å²) in [6.07, 6.45) is 5.58. The first-order valence-electron chi connectivity index (χ1n) is 6.88. The Kier molecular flexibility index (Phi) is 4.98. The van der Waals surface area contributed by atoms with E-state index in [0.29, 0.717) is 0 Å². The largest absolute Gasteiger partial charge is 0.313 e. The van der Waals surface area contributed by atoms with Crippen molar-refractivity contribution < 1.29 is 0 Å². The molecule has 1 aliphatic carbocycles. The highest BCUT2D eigenvalue weighted by Crippen LogP contribution is 2.33. The fraction of sp³-hybridized carbons (Fsp3) is 1.00. The molecule has 2 nitrogen and oxygen atoms in total. The van der Waals surface area contributed by atoms with E-state index in [1.165, 1.54) is 50.3 Å². The van der Waals surface area contributed by atoms with Gasteiger partial charge in [-0.2, -0.15) is 11.8 Å². The van der Waals surface area contributed by atoms with Crippen molar-refractivity contribution in [2.24, 2.45) is 0 Å². The highest BCUT2D eigenvalue weighted by atomic mass is 32.2. The fourth-order valence-corrected chi connectivity index (χ4v) is 3.38. The van der Waals surface area contributed by atoms with Crippen molar-refractivity contribution in [2.75, 3.05) is 24.6 Å². The van der Waals surface area contributed by atoms with Gasteiger partial charge in [-0.3, -0.25) is 4.90 Å². The lowest BCUT2D eigenvalue weighted by Crippen LogP contribution is -2.34. The lowest BCUT2D eigenvalue weighted by molar-refractivity contribution is 0.255. The lowest BCUT2D eigenvalue weighted by atomic mass is 10.2. The van der Waals surface area contributed by atoms with E-state index in [0.717, 1.165) is 18.1 Å². The number of nitrogens with zero attached hydrogens (tertiary/aromatic N) is 1. The molecule has 1 heterocycles. The Hall–Kier alpha value is 0.270. The first-order valence-corrected chi connectivity index (χ1v) is 8.03. The molecule has 2 atom stereocenters. The number of likely N-dealkylation sites (tertiary alicyclic amines) is 1. The molecule has 2 fully saturated rings. The third-order valence-electron chi connectivity index (χ3n) is 3.74. The first kappa shape index (κ1) is 12.7. The summed E-state index contributed by atoms with van der Waals surface area (Å²) >= 11 is 2.06. The molecular formula is C13H26N2S. The van der Waals surface area contributed by atoms with Crippen LogP contribution in [0.4, 0.5) is 0 Å². The van der Waals surface area contributed by atoms with Crippen molar-refractivity contribution in [1.82, 2.24) is 10.2 Å². The van der Waals surface area contributed by atoms with E-state index in [2.05, 4.69) is 35.8 Å². The Morgan fingerprint density at radius 2 is 2.19 bits per heavy atom. The molecule has 1 N–H and O–H groups in total. The number of hydrogen-bond donors (Lipinski definition) is 1. The van der Waals surface area contributed by atoms with Crippen molar-refractivity contribution >= 4 is 11.8 Å². The Morgan fingerprint density at radius 3 is 2.88 bits per heavy atom. The van der Waals surface area contributed by atoms with Crippen molar-refractivity contribution in [2.45, 2.75) is 57.7 Å². The van der Waals surface area contributed by atoms with E-state index in [1.807, 2.05) is 0 Å². The van der Waals surface area contributed by atoms with Crippen LogP contribution in [0.2, 0.25) is 0 Å². The molecule has 0 bridgehead atoms. The lowest BCUT2D eigenvalue weighted by Gasteiger charge is -2.19. The summed E-state index contributed by atoms with van der Waals surface area (Å²) in [6.45, 7) is 7.15. The SMILES string of the molecule is CCSCCCNC1CC(C)N(C2CC2)C1. The number of nitrogens with one attached hydrogen (secondary N) is 1. The minimum Gasteiger partial charge on any atom is -0.313 e. The van der Waals surface area contributed by atoms with E-state index in [-0.39, 0.29) is 0 Å².